The van der Waals surface area contributed by atoms with Crippen LogP contribution < -0.4 is 0 Å². The largest absolute Gasteiger partial charge is 0.458 e. The van der Waals surface area contributed by atoms with Crippen LogP contribution in [0.4, 0.5) is 0 Å². The number of carbonyl (C=O) groups excluding carboxylic acids is 1. The van der Waals surface area contributed by atoms with Crippen molar-refractivity contribution in [2.24, 2.45) is 46.3 Å². The molecule has 206 valence electrons. The Balaban J connectivity index is 1.08. The number of hydrogen-bond donors (Lipinski definition) is 0. The molecular formula is C34H46O4. The summed E-state index contributed by atoms with van der Waals surface area (Å²) in [6, 6.07) is 9.45. The van der Waals surface area contributed by atoms with Crippen molar-refractivity contribution < 1.29 is 19.0 Å². The summed E-state index contributed by atoms with van der Waals surface area (Å²) in [5.41, 5.74) is 2.81. The third kappa shape index (κ3) is 3.65. The first-order chi connectivity index (χ1) is 18.2. The number of benzene rings is 1. The summed E-state index contributed by atoms with van der Waals surface area (Å²) >= 11 is 0. The highest BCUT2D eigenvalue weighted by molar-refractivity contribution is 5.89. The van der Waals surface area contributed by atoms with Crippen molar-refractivity contribution >= 4 is 5.97 Å². The number of ether oxygens (including phenoxy) is 3. The van der Waals surface area contributed by atoms with Gasteiger partial charge in [-0.25, -0.2) is 4.79 Å². The van der Waals surface area contributed by atoms with Crippen LogP contribution in [0.1, 0.15) is 95.8 Å². The van der Waals surface area contributed by atoms with Crippen molar-refractivity contribution in [1.29, 1.82) is 0 Å². The minimum Gasteiger partial charge on any atom is -0.458 e. The van der Waals surface area contributed by atoms with Crippen LogP contribution in [0.2, 0.25) is 0 Å². The van der Waals surface area contributed by atoms with Gasteiger partial charge in [0.25, 0.3) is 0 Å². The van der Waals surface area contributed by atoms with Crippen LogP contribution in [0, 0.1) is 46.3 Å². The Labute approximate surface area is 228 Å². The Morgan fingerprint density at radius 3 is 2.58 bits per heavy atom. The third-order valence-electron chi connectivity index (χ3n) is 12.6. The van der Waals surface area contributed by atoms with Crippen molar-refractivity contribution in [3.8, 4) is 0 Å². The van der Waals surface area contributed by atoms with E-state index in [1.807, 2.05) is 30.3 Å². The Morgan fingerprint density at radius 2 is 1.82 bits per heavy atom. The molecule has 2 saturated heterocycles. The van der Waals surface area contributed by atoms with Crippen molar-refractivity contribution in [3.63, 3.8) is 0 Å². The highest BCUT2D eigenvalue weighted by Crippen LogP contribution is 2.70. The molecule has 6 aliphatic rings. The molecule has 0 radical (unpaired) electrons. The molecule has 1 aromatic rings. The van der Waals surface area contributed by atoms with E-state index in [1.54, 1.807) is 5.57 Å². The van der Waals surface area contributed by atoms with E-state index in [-0.39, 0.29) is 23.3 Å². The van der Waals surface area contributed by atoms with Crippen LogP contribution in [-0.2, 0) is 14.2 Å². The lowest BCUT2D eigenvalue weighted by Gasteiger charge is -2.58. The van der Waals surface area contributed by atoms with Crippen molar-refractivity contribution in [2.75, 3.05) is 6.61 Å². The molecule has 5 fully saturated rings. The maximum absolute atomic E-state index is 12.7. The summed E-state index contributed by atoms with van der Waals surface area (Å²) in [6.07, 6.45) is 13.3. The summed E-state index contributed by atoms with van der Waals surface area (Å²) < 4.78 is 19.5. The summed E-state index contributed by atoms with van der Waals surface area (Å²) in [6.45, 7) is 10.7. The summed E-state index contributed by atoms with van der Waals surface area (Å²) in [7, 11) is 0. The fourth-order valence-electron chi connectivity index (χ4n) is 10.5. The number of allylic oxidation sites excluding steroid dienone is 1. The van der Waals surface area contributed by atoms with Gasteiger partial charge in [-0.3, -0.25) is 0 Å². The maximum Gasteiger partial charge on any atom is 0.338 e. The van der Waals surface area contributed by atoms with Gasteiger partial charge in [0, 0.05) is 18.8 Å². The smallest absolute Gasteiger partial charge is 0.338 e. The molecule has 1 spiro atoms. The van der Waals surface area contributed by atoms with Crippen LogP contribution in [-0.4, -0.2) is 30.6 Å². The van der Waals surface area contributed by atoms with Gasteiger partial charge >= 0.3 is 5.97 Å². The third-order valence-corrected chi connectivity index (χ3v) is 12.6. The first-order valence-electron chi connectivity index (χ1n) is 15.5. The molecule has 1 unspecified atom stereocenters. The monoisotopic (exact) mass is 518 g/mol. The maximum atomic E-state index is 12.7. The van der Waals surface area contributed by atoms with Gasteiger partial charge in [-0.1, -0.05) is 57.5 Å². The minimum absolute atomic E-state index is 0.00178. The fraction of sp³-hybridized carbons (Fsp3) is 0.735. The van der Waals surface area contributed by atoms with Crippen molar-refractivity contribution in [1.82, 2.24) is 0 Å². The van der Waals surface area contributed by atoms with Crippen LogP contribution in [0.5, 0.6) is 0 Å². The summed E-state index contributed by atoms with van der Waals surface area (Å²) in [5, 5.41) is 0. The van der Waals surface area contributed by atoms with Gasteiger partial charge in [-0.15, -0.1) is 0 Å². The van der Waals surface area contributed by atoms with Gasteiger partial charge in [0.1, 0.15) is 6.10 Å². The molecule has 7 rings (SSSR count). The van der Waals surface area contributed by atoms with Gasteiger partial charge in [-0.05, 0) is 97.5 Å². The second kappa shape index (κ2) is 8.93. The first kappa shape index (κ1) is 25.3. The van der Waals surface area contributed by atoms with Crippen LogP contribution in [0.25, 0.3) is 0 Å². The number of carbonyl (C=O) groups is 1. The second-order valence-electron chi connectivity index (χ2n) is 14.4. The highest BCUT2D eigenvalue weighted by atomic mass is 16.7. The molecule has 11 atom stereocenters. The average Bonchev–Trinajstić information content (AvgIpc) is 3.36. The average molecular weight is 519 g/mol. The first-order valence-corrected chi connectivity index (χ1v) is 15.5. The van der Waals surface area contributed by atoms with Gasteiger partial charge in [0.2, 0.25) is 0 Å². The quantitative estimate of drug-likeness (QED) is 0.299. The Morgan fingerprint density at radius 1 is 1.00 bits per heavy atom. The molecule has 2 aliphatic heterocycles. The lowest BCUT2D eigenvalue weighted by molar-refractivity contribution is -0.272. The Bertz CT molecular complexity index is 1100. The lowest BCUT2D eigenvalue weighted by atomic mass is 9.47. The molecule has 4 aliphatic carbocycles. The molecule has 38 heavy (non-hydrogen) atoms. The predicted molar refractivity (Wildman–Crippen MR) is 147 cm³/mol. The number of hydrogen-bond acceptors (Lipinski definition) is 4. The molecule has 4 nitrogen and oxygen atoms in total. The van der Waals surface area contributed by atoms with Crippen LogP contribution in [0.15, 0.2) is 42.0 Å². The molecule has 1 aromatic carbocycles. The second-order valence-corrected chi connectivity index (χ2v) is 14.4. The molecule has 0 bridgehead atoms. The van der Waals surface area contributed by atoms with Gasteiger partial charge in [0.05, 0.1) is 18.3 Å². The fourth-order valence-corrected chi connectivity index (χ4v) is 10.5. The Hall–Kier alpha value is -1.65. The van der Waals surface area contributed by atoms with Crippen LogP contribution >= 0.6 is 0 Å². The van der Waals surface area contributed by atoms with E-state index < -0.39 is 0 Å². The van der Waals surface area contributed by atoms with Crippen molar-refractivity contribution in [2.45, 2.75) is 103 Å². The molecule has 0 amide bonds. The molecule has 0 aromatic heterocycles. The van der Waals surface area contributed by atoms with E-state index in [1.165, 1.54) is 32.1 Å². The molecule has 4 heteroatoms. The van der Waals surface area contributed by atoms with Gasteiger partial charge < -0.3 is 14.2 Å². The standard InChI is InChI=1S/C34H46O4/c1-21-12-17-34(36-20-21)22(2)30-29(38-34)19-28-26-11-10-24-18-25(37-31(35)23-8-6-5-7-9-23)13-15-32(24,3)27(26)14-16-33(28,30)4/h5-10,21-22,25-30H,11-20H2,1-4H3/t21?,22-,25-,26+,27-,28-,29-,30-,32-,33-,34+/m0/s1. The SMILES string of the molecule is CC1CC[C@@]2(OC1)O[C@H]1C[C@H]3[C@@H]4CC=C5C[C@@H](OC(=O)c6ccccc6)CC[C@]5(C)[C@H]4CC[C@]3(C)[C@H]1[C@@H]2C. The Kier molecular flexibility index (Phi) is 5.95. The summed E-state index contributed by atoms with van der Waals surface area (Å²) in [4.78, 5) is 12.7. The van der Waals surface area contributed by atoms with Crippen LogP contribution in [0.3, 0.4) is 0 Å². The molecule has 2 heterocycles. The minimum atomic E-state index is -0.326. The summed E-state index contributed by atoms with van der Waals surface area (Å²) in [5.74, 6) is 3.46. The molecule has 0 N–H and O–H groups in total. The van der Waals surface area contributed by atoms with E-state index in [0.717, 1.165) is 50.0 Å². The molecule has 3 saturated carbocycles. The predicted octanol–water partition coefficient (Wildman–Crippen LogP) is 7.58. The van der Waals surface area contributed by atoms with E-state index in [4.69, 9.17) is 14.2 Å². The lowest BCUT2D eigenvalue weighted by Crippen LogP contribution is -2.52. The zero-order valence-corrected chi connectivity index (χ0v) is 23.8. The number of rotatable bonds is 2. The number of fused-ring (bicyclic) bond motifs is 7. The zero-order chi connectivity index (χ0) is 26.3. The highest BCUT2D eigenvalue weighted by Gasteiger charge is 2.68. The molecular weight excluding hydrogens is 472 g/mol. The van der Waals surface area contributed by atoms with Crippen molar-refractivity contribution in [3.05, 3.63) is 47.5 Å². The van der Waals surface area contributed by atoms with Gasteiger partial charge in [0.15, 0.2) is 5.79 Å². The van der Waals surface area contributed by atoms with E-state index in [2.05, 4.69) is 33.8 Å². The zero-order valence-electron chi connectivity index (χ0n) is 23.8. The van der Waals surface area contributed by atoms with E-state index in [0.29, 0.717) is 34.8 Å². The normalized spacial score (nSPS) is 49.4. The number of esters is 1. The van der Waals surface area contributed by atoms with E-state index in [9.17, 15) is 4.79 Å². The topological polar surface area (TPSA) is 44.8 Å². The van der Waals surface area contributed by atoms with Gasteiger partial charge in [-0.2, -0.15) is 0 Å². The van der Waals surface area contributed by atoms with E-state index >= 15 is 0 Å².